The maximum absolute atomic E-state index is 12.5. The van der Waals surface area contributed by atoms with Gasteiger partial charge in [-0.1, -0.05) is 12.1 Å². The summed E-state index contributed by atoms with van der Waals surface area (Å²) in [6.07, 6.45) is 1.71. The first-order valence-corrected chi connectivity index (χ1v) is 7.87. The van der Waals surface area contributed by atoms with E-state index in [-0.39, 0.29) is 5.91 Å². The monoisotopic (exact) mass is 311 g/mol. The molecule has 0 unspecified atom stereocenters. The Kier molecular flexibility index (Phi) is 4.88. The molecule has 0 spiro atoms. The highest BCUT2D eigenvalue weighted by atomic mass is 16.5. The maximum atomic E-state index is 12.5. The van der Waals surface area contributed by atoms with E-state index in [1.165, 1.54) is 0 Å². The summed E-state index contributed by atoms with van der Waals surface area (Å²) in [5, 5.41) is 3.26. The van der Waals surface area contributed by atoms with E-state index in [4.69, 9.17) is 4.74 Å². The van der Waals surface area contributed by atoms with Crippen LogP contribution in [0.1, 0.15) is 21.6 Å². The standard InChI is InChI=1S/C18H21N3O2/c1-14-5-6-17(12-20-14)23-13-15-3-2-4-16(11-15)18(22)21-9-7-19-8-10-21/h2-6,11-12,19H,7-10,13H2,1H3. The zero-order valence-corrected chi connectivity index (χ0v) is 13.3. The zero-order valence-electron chi connectivity index (χ0n) is 13.3. The third-order valence-corrected chi connectivity index (χ3v) is 3.87. The molecule has 2 aromatic rings. The molecule has 0 bridgehead atoms. The van der Waals surface area contributed by atoms with Gasteiger partial charge in [-0.05, 0) is 36.8 Å². The summed E-state index contributed by atoms with van der Waals surface area (Å²) in [6, 6.07) is 11.5. The largest absolute Gasteiger partial charge is 0.487 e. The van der Waals surface area contributed by atoms with Gasteiger partial charge in [-0.15, -0.1) is 0 Å². The van der Waals surface area contributed by atoms with Gasteiger partial charge in [-0.25, -0.2) is 0 Å². The predicted octanol–water partition coefficient (Wildman–Crippen LogP) is 2.01. The fraction of sp³-hybridized carbons (Fsp3) is 0.333. The van der Waals surface area contributed by atoms with Crippen molar-refractivity contribution in [3.8, 4) is 5.75 Å². The summed E-state index contributed by atoms with van der Waals surface area (Å²) in [6.45, 7) is 5.59. The second-order valence-electron chi connectivity index (χ2n) is 5.67. The normalized spacial score (nSPS) is 14.6. The molecule has 5 heteroatoms. The summed E-state index contributed by atoms with van der Waals surface area (Å²) in [5.74, 6) is 0.819. The van der Waals surface area contributed by atoms with Crippen molar-refractivity contribution in [3.05, 3.63) is 59.4 Å². The SMILES string of the molecule is Cc1ccc(OCc2cccc(C(=O)N3CCNCC3)c2)cn1. The topological polar surface area (TPSA) is 54.5 Å². The smallest absolute Gasteiger partial charge is 0.253 e. The van der Waals surface area contributed by atoms with Gasteiger partial charge >= 0.3 is 0 Å². The highest BCUT2D eigenvalue weighted by Crippen LogP contribution is 2.14. The van der Waals surface area contributed by atoms with Crippen LogP contribution in [0.4, 0.5) is 0 Å². The molecule has 23 heavy (non-hydrogen) atoms. The van der Waals surface area contributed by atoms with E-state index in [9.17, 15) is 4.79 Å². The molecule has 1 aromatic heterocycles. The maximum Gasteiger partial charge on any atom is 0.253 e. The van der Waals surface area contributed by atoms with Gasteiger partial charge in [0, 0.05) is 37.4 Å². The number of aryl methyl sites for hydroxylation is 1. The fourth-order valence-corrected chi connectivity index (χ4v) is 2.55. The summed E-state index contributed by atoms with van der Waals surface area (Å²) >= 11 is 0. The van der Waals surface area contributed by atoms with Gasteiger partial charge in [-0.3, -0.25) is 9.78 Å². The number of aromatic nitrogens is 1. The van der Waals surface area contributed by atoms with E-state index >= 15 is 0 Å². The molecule has 1 aromatic carbocycles. The van der Waals surface area contributed by atoms with E-state index in [2.05, 4.69) is 10.3 Å². The van der Waals surface area contributed by atoms with Crippen LogP contribution in [0.3, 0.4) is 0 Å². The lowest BCUT2D eigenvalue weighted by atomic mass is 10.1. The Morgan fingerprint density at radius 1 is 1.26 bits per heavy atom. The number of rotatable bonds is 4. The molecular formula is C18H21N3O2. The Bertz CT molecular complexity index is 664. The van der Waals surface area contributed by atoms with Crippen LogP contribution in [0, 0.1) is 6.92 Å². The molecule has 2 heterocycles. The first kappa shape index (κ1) is 15.5. The number of nitrogens with zero attached hydrogens (tertiary/aromatic N) is 2. The van der Waals surface area contributed by atoms with Gasteiger partial charge in [-0.2, -0.15) is 0 Å². The van der Waals surface area contributed by atoms with Crippen LogP contribution in [0.15, 0.2) is 42.6 Å². The summed E-state index contributed by atoms with van der Waals surface area (Å²) < 4.78 is 5.73. The molecule has 0 saturated carbocycles. The van der Waals surface area contributed by atoms with Crippen molar-refractivity contribution in [2.45, 2.75) is 13.5 Å². The Balaban J connectivity index is 1.64. The van der Waals surface area contributed by atoms with Crippen LogP contribution in [-0.4, -0.2) is 42.0 Å². The lowest BCUT2D eigenvalue weighted by molar-refractivity contribution is 0.0735. The van der Waals surface area contributed by atoms with Crippen LogP contribution in [-0.2, 0) is 6.61 Å². The molecule has 5 nitrogen and oxygen atoms in total. The van der Waals surface area contributed by atoms with Gasteiger partial charge in [0.25, 0.3) is 5.91 Å². The van der Waals surface area contributed by atoms with Gasteiger partial charge in [0.05, 0.1) is 6.20 Å². The molecule has 1 aliphatic rings. The van der Waals surface area contributed by atoms with E-state index in [0.717, 1.165) is 48.7 Å². The van der Waals surface area contributed by atoms with Crippen LogP contribution in [0.2, 0.25) is 0 Å². The van der Waals surface area contributed by atoms with Crippen molar-refractivity contribution in [1.29, 1.82) is 0 Å². The van der Waals surface area contributed by atoms with Crippen molar-refractivity contribution < 1.29 is 9.53 Å². The number of amides is 1. The number of benzene rings is 1. The third-order valence-electron chi connectivity index (χ3n) is 3.87. The minimum atomic E-state index is 0.0883. The molecule has 1 amide bonds. The van der Waals surface area contributed by atoms with Crippen molar-refractivity contribution in [1.82, 2.24) is 15.2 Å². The van der Waals surface area contributed by atoms with Gasteiger partial charge in [0.15, 0.2) is 0 Å². The summed E-state index contributed by atoms with van der Waals surface area (Å²) in [5.41, 5.74) is 2.66. The quantitative estimate of drug-likeness (QED) is 0.938. The first-order valence-electron chi connectivity index (χ1n) is 7.87. The molecule has 120 valence electrons. The Hall–Kier alpha value is -2.40. The second kappa shape index (κ2) is 7.24. The number of pyridine rings is 1. The zero-order chi connectivity index (χ0) is 16.1. The number of carbonyl (C=O) groups excluding carboxylic acids is 1. The lowest BCUT2D eigenvalue weighted by Crippen LogP contribution is -2.46. The predicted molar refractivity (Wildman–Crippen MR) is 88.5 cm³/mol. The molecule has 1 N–H and O–H groups in total. The van der Waals surface area contributed by atoms with Gasteiger partial charge in [0.2, 0.25) is 0 Å². The molecule has 0 aliphatic carbocycles. The van der Waals surface area contributed by atoms with Crippen LogP contribution in [0.5, 0.6) is 5.75 Å². The lowest BCUT2D eigenvalue weighted by Gasteiger charge is -2.27. The highest BCUT2D eigenvalue weighted by Gasteiger charge is 2.17. The molecule has 1 aliphatic heterocycles. The van der Waals surface area contributed by atoms with E-state index in [1.807, 2.05) is 48.2 Å². The minimum absolute atomic E-state index is 0.0883. The van der Waals surface area contributed by atoms with Crippen molar-refractivity contribution >= 4 is 5.91 Å². The number of ether oxygens (including phenoxy) is 1. The number of hydrogen-bond acceptors (Lipinski definition) is 4. The molecule has 3 rings (SSSR count). The van der Waals surface area contributed by atoms with Crippen molar-refractivity contribution in [3.63, 3.8) is 0 Å². The fourth-order valence-electron chi connectivity index (χ4n) is 2.55. The van der Waals surface area contributed by atoms with Crippen molar-refractivity contribution in [2.75, 3.05) is 26.2 Å². The van der Waals surface area contributed by atoms with Gasteiger partial charge < -0.3 is 15.0 Å². The molecular weight excluding hydrogens is 290 g/mol. The average molecular weight is 311 g/mol. The first-order chi connectivity index (χ1) is 11.2. The van der Waals surface area contributed by atoms with Crippen molar-refractivity contribution in [2.24, 2.45) is 0 Å². The number of hydrogen-bond donors (Lipinski definition) is 1. The molecule has 1 fully saturated rings. The Morgan fingerprint density at radius 3 is 2.83 bits per heavy atom. The number of carbonyl (C=O) groups is 1. The van der Waals surface area contributed by atoms with Gasteiger partial charge in [0.1, 0.15) is 12.4 Å². The van der Waals surface area contributed by atoms with E-state index in [0.29, 0.717) is 6.61 Å². The highest BCUT2D eigenvalue weighted by molar-refractivity contribution is 5.94. The summed E-state index contributed by atoms with van der Waals surface area (Å²) in [7, 11) is 0. The van der Waals surface area contributed by atoms with Crippen LogP contribution < -0.4 is 10.1 Å². The molecule has 0 radical (unpaired) electrons. The molecule has 0 atom stereocenters. The number of piperazine rings is 1. The van der Waals surface area contributed by atoms with E-state index in [1.54, 1.807) is 6.20 Å². The average Bonchev–Trinajstić information content (AvgIpc) is 2.61. The Morgan fingerprint density at radius 2 is 2.09 bits per heavy atom. The Labute approximate surface area is 136 Å². The minimum Gasteiger partial charge on any atom is -0.487 e. The number of nitrogens with one attached hydrogen (secondary N) is 1. The molecule has 1 saturated heterocycles. The summed E-state index contributed by atoms with van der Waals surface area (Å²) in [4.78, 5) is 18.6. The van der Waals surface area contributed by atoms with Crippen LogP contribution >= 0.6 is 0 Å². The van der Waals surface area contributed by atoms with Crippen LogP contribution in [0.25, 0.3) is 0 Å². The second-order valence-corrected chi connectivity index (χ2v) is 5.67. The van der Waals surface area contributed by atoms with E-state index < -0.39 is 0 Å². The third kappa shape index (κ3) is 4.07.